The van der Waals surface area contributed by atoms with Crippen LogP contribution < -0.4 is 5.32 Å². The lowest BCUT2D eigenvalue weighted by atomic mass is 9.95. The molecule has 0 radical (unpaired) electrons. The lowest BCUT2D eigenvalue weighted by Gasteiger charge is -2.14. The summed E-state index contributed by atoms with van der Waals surface area (Å²) in [5, 5.41) is 4.84. The first-order valence-electron chi connectivity index (χ1n) is 6.95. The maximum Gasteiger partial charge on any atom is 0.0736 e. The lowest BCUT2D eigenvalue weighted by molar-refractivity contribution is 0.535. The van der Waals surface area contributed by atoms with E-state index in [0.29, 0.717) is 12.0 Å². The molecule has 2 atom stereocenters. The molecule has 94 valence electrons. The Labute approximate surface area is 108 Å². The highest BCUT2D eigenvalue weighted by molar-refractivity contribution is 5.82. The Morgan fingerprint density at radius 1 is 1.22 bits per heavy atom. The second-order valence-corrected chi connectivity index (χ2v) is 5.19. The maximum absolute atomic E-state index is 4.58. The maximum atomic E-state index is 4.58. The van der Waals surface area contributed by atoms with Gasteiger partial charge < -0.3 is 5.32 Å². The number of para-hydroxylation sites is 1. The molecule has 1 aliphatic carbocycles. The topological polar surface area (TPSA) is 24.9 Å². The van der Waals surface area contributed by atoms with Gasteiger partial charge in [-0.25, -0.2) is 0 Å². The van der Waals surface area contributed by atoms with Gasteiger partial charge in [0, 0.05) is 17.6 Å². The van der Waals surface area contributed by atoms with Crippen molar-refractivity contribution in [3.05, 3.63) is 42.1 Å². The highest BCUT2D eigenvalue weighted by Gasteiger charge is 2.26. The zero-order chi connectivity index (χ0) is 12.4. The van der Waals surface area contributed by atoms with Gasteiger partial charge in [0.25, 0.3) is 0 Å². The first-order valence-corrected chi connectivity index (χ1v) is 6.95. The predicted octanol–water partition coefficient (Wildman–Crippen LogP) is 3.48. The van der Waals surface area contributed by atoms with Crippen LogP contribution in [0.3, 0.4) is 0 Å². The summed E-state index contributed by atoms with van der Waals surface area (Å²) in [7, 11) is 0. The van der Waals surface area contributed by atoms with Gasteiger partial charge in [-0.15, -0.1) is 0 Å². The largest absolute Gasteiger partial charge is 0.314 e. The molecular formula is C16H20N2. The zero-order valence-corrected chi connectivity index (χ0v) is 10.9. The average molecular weight is 240 g/mol. The van der Waals surface area contributed by atoms with E-state index >= 15 is 0 Å². The Morgan fingerprint density at radius 3 is 3.00 bits per heavy atom. The van der Waals surface area contributed by atoms with E-state index in [2.05, 4.69) is 41.5 Å². The molecule has 1 saturated carbocycles. The van der Waals surface area contributed by atoms with Gasteiger partial charge in [0.15, 0.2) is 0 Å². The molecule has 0 amide bonds. The summed E-state index contributed by atoms with van der Waals surface area (Å²) < 4.78 is 0. The van der Waals surface area contributed by atoms with E-state index < -0.39 is 0 Å². The first-order chi connectivity index (χ1) is 8.88. The Morgan fingerprint density at radius 2 is 2.11 bits per heavy atom. The molecule has 1 aromatic heterocycles. The van der Waals surface area contributed by atoms with Gasteiger partial charge in [0.05, 0.1) is 5.52 Å². The third-order valence-corrected chi connectivity index (χ3v) is 4.03. The molecule has 3 rings (SSSR count). The quantitative estimate of drug-likeness (QED) is 0.888. The van der Waals surface area contributed by atoms with E-state index in [9.17, 15) is 0 Å². The van der Waals surface area contributed by atoms with Crippen LogP contribution in [0, 0.1) is 0 Å². The number of nitrogens with zero attached hydrogens (tertiary/aromatic N) is 1. The van der Waals surface area contributed by atoms with Crippen LogP contribution in [-0.2, 0) is 0 Å². The van der Waals surface area contributed by atoms with Crippen LogP contribution in [-0.4, -0.2) is 17.6 Å². The van der Waals surface area contributed by atoms with Gasteiger partial charge in [-0.3, -0.25) is 4.98 Å². The van der Waals surface area contributed by atoms with Crippen LogP contribution in [0.1, 0.15) is 37.7 Å². The van der Waals surface area contributed by atoms with Crippen molar-refractivity contribution in [3.8, 4) is 0 Å². The van der Waals surface area contributed by atoms with Gasteiger partial charge in [0.1, 0.15) is 0 Å². The average Bonchev–Trinajstić information content (AvgIpc) is 2.87. The molecule has 1 N–H and O–H groups in total. The summed E-state index contributed by atoms with van der Waals surface area (Å²) in [6.45, 7) is 3.26. The van der Waals surface area contributed by atoms with E-state index in [4.69, 9.17) is 0 Å². The number of pyridine rings is 1. The highest BCUT2D eigenvalue weighted by Crippen LogP contribution is 2.37. The van der Waals surface area contributed by atoms with Gasteiger partial charge in [-0.1, -0.05) is 31.2 Å². The zero-order valence-electron chi connectivity index (χ0n) is 10.9. The minimum absolute atomic E-state index is 0.674. The van der Waals surface area contributed by atoms with Crippen molar-refractivity contribution in [1.29, 1.82) is 0 Å². The van der Waals surface area contributed by atoms with Crippen molar-refractivity contribution in [3.63, 3.8) is 0 Å². The number of hydrogen-bond donors (Lipinski definition) is 1. The number of nitrogens with one attached hydrogen (secondary N) is 1. The number of hydrogen-bond acceptors (Lipinski definition) is 2. The van der Waals surface area contributed by atoms with Crippen molar-refractivity contribution in [1.82, 2.24) is 10.3 Å². The molecule has 2 unspecified atom stereocenters. The fourth-order valence-corrected chi connectivity index (χ4v) is 3.20. The predicted molar refractivity (Wildman–Crippen MR) is 75.8 cm³/mol. The number of benzene rings is 1. The Hall–Kier alpha value is -1.41. The van der Waals surface area contributed by atoms with Crippen LogP contribution in [0.5, 0.6) is 0 Å². The third-order valence-electron chi connectivity index (χ3n) is 4.03. The minimum Gasteiger partial charge on any atom is -0.314 e. The van der Waals surface area contributed by atoms with Crippen LogP contribution in [0.4, 0.5) is 0 Å². The number of fused-ring (bicyclic) bond motifs is 1. The van der Waals surface area contributed by atoms with E-state index in [1.165, 1.54) is 35.7 Å². The second-order valence-electron chi connectivity index (χ2n) is 5.19. The van der Waals surface area contributed by atoms with Crippen LogP contribution in [0.2, 0.25) is 0 Å². The molecule has 2 heteroatoms. The van der Waals surface area contributed by atoms with Gasteiger partial charge >= 0.3 is 0 Å². The molecule has 0 bridgehead atoms. The fraction of sp³-hybridized carbons (Fsp3) is 0.438. The summed E-state index contributed by atoms with van der Waals surface area (Å²) >= 11 is 0. The minimum atomic E-state index is 0.674. The Bertz CT molecular complexity index is 530. The first kappa shape index (κ1) is 11.7. The van der Waals surface area contributed by atoms with Crippen molar-refractivity contribution in [2.24, 2.45) is 0 Å². The molecular weight excluding hydrogens is 220 g/mol. The SMILES string of the molecule is CCNC1CCC(c2cccc3cccnc23)C1. The van der Waals surface area contributed by atoms with Crippen molar-refractivity contribution < 1.29 is 0 Å². The van der Waals surface area contributed by atoms with Crippen LogP contribution in [0.15, 0.2) is 36.5 Å². The van der Waals surface area contributed by atoms with Crippen LogP contribution in [0.25, 0.3) is 10.9 Å². The number of aromatic nitrogens is 1. The van der Waals surface area contributed by atoms with Crippen molar-refractivity contribution in [2.45, 2.75) is 38.1 Å². The number of rotatable bonds is 3. The Kier molecular flexibility index (Phi) is 3.28. The summed E-state index contributed by atoms with van der Waals surface area (Å²) in [5.41, 5.74) is 2.63. The molecule has 0 saturated heterocycles. The second kappa shape index (κ2) is 5.07. The Balaban J connectivity index is 1.91. The molecule has 1 aliphatic rings. The summed E-state index contributed by atoms with van der Waals surface area (Å²) in [6, 6.07) is 11.4. The molecule has 0 aliphatic heterocycles. The van der Waals surface area contributed by atoms with Gasteiger partial charge in [-0.2, -0.15) is 0 Å². The smallest absolute Gasteiger partial charge is 0.0736 e. The third kappa shape index (κ3) is 2.13. The normalized spacial score (nSPS) is 23.6. The molecule has 2 nitrogen and oxygen atoms in total. The van der Waals surface area contributed by atoms with Gasteiger partial charge in [-0.05, 0) is 43.4 Å². The van der Waals surface area contributed by atoms with E-state index in [0.717, 1.165) is 6.54 Å². The molecule has 1 aromatic carbocycles. The highest BCUT2D eigenvalue weighted by atomic mass is 14.9. The fourth-order valence-electron chi connectivity index (χ4n) is 3.20. The van der Waals surface area contributed by atoms with E-state index in [-0.39, 0.29) is 0 Å². The van der Waals surface area contributed by atoms with Crippen LogP contribution >= 0.6 is 0 Å². The summed E-state index contributed by atoms with van der Waals surface area (Å²) in [5.74, 6) is 0.674. The molecule has 2 aromatic rings. The summed E-state index contributed by atoms with van der Waals surface area (Å²) in [6.07, 6.45) is 5.74. The van der Waals surface area contributed by atoms with E-state index in [1.54, 1.807) is 0 Å². The molecule has 1 heterocycles. The lowest BCUT2D eigenvalue weighted by Crippen LogP contribution is -2.25. The standard InChI is InChI=1S/C16H20N2/c1-2-17-14-9-8-13(11-14)15-7-3-5-12-6-4-10-18-16(12)15/h3-7,10,13-14,17H,2,8-9,11H2,1H3. The molecule has 18 heavy (non-hydrogen) atoms. The van der Waals surface area contributed by atoms with Crippen molar-refractivity contribution in [2.75, 3.05) is 6.54 Å². The summed E-state index contributed by atoms with van der Waals surface area (Å²) in [4.78, 5) is 4.58. The monoisotopic (exact) mass is 240 g/mol. The molecule has 1 fully saturated rings. The van der Waals surface area contributed by atoms with Crippen molar-refractivity contribution >= 4 is 10.9 Å². The molecule has 0 spiro atoms. The van der Waals surface area contributed by atoms with Gasteiger partial charge in [0.2, 0.25) is 0 Å². The van der Waals surface area contributed by atoms with E-state index in [1.807, 2.05) is 12.3 Å².